The van der Waals surface area contributed by atoms with Crippen molar-refractivity contribution in [2.75, 3.05) is 23.4 Å². The van der Waals surface area contributed by atoms with Gasteiger partial charge in [-0.25, -0.2) is 14.4 Å². The van der Waals surface area contributed by atoms with E-state index in [1.54, 1.807) is 30.0 Å². The van der Waals surface area contributed by atoms with E-state index in [4.69, 9.17) is 5.11 Å². The lowest BCUT2D eigenvalue weighted by molar-refractivity contribution is -0.117. The molecular weight excluding hydrogens is 401 g/mol. The second-order valence-corrected chi connectivity index (χ2v) is 7.73. The van der Waals surface area contributed by atoms with Gasteiger partial charge in [-0.15, -0.1) is 0 Å². The molecule has 2 heterocycles. The van der Waals surface area contributed by atoms with Gasteiger partial charge >= 0.3 is 0 Å². The van der Waals surface area contributed by atoms with Crippen LogP contribution in [0.15, 0.2) is 24.4 Å². The minimum Gasteiger partial charge on any atom is -0.395 e. The van der Waals surface area contributed by atoms with E-state index < -0.39 is 5.82 Å². The number of aryl methyl sites for hydroxylation is 1. The Kier molecular flexibility index (Phi) is 6.84. The Morgan fingerprint density at radius 3 is 2.68 bits per heavy atom. The molecular formula is C22H28FN5O3. The molecule has 0 spiro atoms. The highest BCUT2D eigenvalue weighted by atomic mass is 19.1. The number of aromatic nitrogens is 2. The van der Waals surface area contributed by atoms with Crippen LogP contribution in [-0.2, 0) is 4.79 Å². The second-order valence-electron chi connectivity index (χ2n) is 7.73. The van der Waals surface area contributed by atoms with Crippen LogP contribution in [0.4, 0.5) is 16.0 Å². The molecule has 0 bridgehead atoms. The summed E-state index contributed by atoms with van der Waals surface area (Å²) in [4.78, 5) is 35.0. The lowest BCUT2D eigenvalue weighted by Gasteiger charge is -2.45. The molecule has 0 saturated carbocycles. The van der Waals surface area contributed by atoms with Gasteiger partial charge in [0.05, 0.1) is 24.5 Å². The van der Waals surface area contributed by atoms with Gasteiger partial charge in [0, 0.05) is 36.7 Å². The van der Waals surface area contributed by atoms with Gasteiger partial charge < -0.3 is 20.6 Å². The molecule has 3 unspecified atom stereocenters. The fourth-order valence-corrected chi connectivity index (χ4v) is 4.18. The zero-order valence-electron chi connectivity index (χ0n) is 18.1. The van der Waals surface area contributed by atoms with E-state index in [0.29, 0.717) is 11.3 Å². The summed E-state index contributed by atoms with van der Waals surface area (Å²) in [5.41, 5.74) is 2.12. The standard InChI is InChI=1S/C22H28FN5O3/c1-5-18-12(2)20(27-22-25-11-17(23)13(3)26-22)16-10-15(21(31)24-8-9-29)6-7-19(16)28(18)14(4)30/h6-7,10-12,18,20,29H,5,8-9H2,1-4H3,(H,24,31)(H,25,26,27). The van der Waals surface area contributed by atoms with E-state index in [0.717, 1.165) is 18.2 Å². The van der Waals surface area contributed by atoms with Crippen molar-refractivity contribution >= 4 is 23.5 Å². The summed E-state index contributed by atoms with van der Waals surface area (Å²) in [6.45, 7) is 7.13. The maximum absolute atomic E-state index is 13.6. The third-order valence-corrected chi connectivity index (χ3v) is 5.71. The van der Waals surface area contributed by atoms with Crippen molar-refractivity contribution < 1.29 is 19.1 Å². The van der Waals surface area contributed by atoms with Crippen molar-refractivity contribution in [3.8, 4) is 0 Å². The summed E-state index contributed by atoms with van der Waals surface area (Å²) in [7, 11) is 0. The van der Waals surface area contributed by atoms with E-state index in [1.165, 1.54) is 6.92 Å². The van der Waals surface area contributed by atoms with Gasteiger partial charge in [0.25, 0.3) is 5.91 Å². The van der Waals surface area contributed by atoms with Gasteiger partial charge in [-0.2, -0.15) is 0 Å². The number of hydrogen-bond acceptors (Lipinski definition) is 6. The number of carbonyl (C=O) groups is 2. The zero-order chi connectivity index (χ0) is 22.7. The summed E-state index contributed by atoms with van der Waals surface area (Å²) in [6.07, 6.45) is 1.86. The highest BCUT2D eigenvalue weighted by molar-refractivity contribution is 5.98. The summed E-state index contributed by atoms with van der Waals surface area (Å²) >= 11 is 0. The number of nitrogens with zero attached hydrogens (tertiary/aromatic N) is 3. The molecule has 1 aromatic heterocycles. The first kappa shape index (κ1) is 22.6. The lowest BCUT2D eigenvalue weighted by atomic mass is 9.80. The van der Waals surface area contributed by atoms with Crippen molar-refractivity contribution in [2.24, 2.45) is 5.92 Å². The number of halogens is 1. The number of benzene rings is 1. The molecule has 166 valence electrons. The summed E-state index contributed by atoms with van der Waals surface area (Å²) in [6, 6.07) is 4.81. The largest absolute Gasteiger partial charge is 0.395 e. The molecule has 31 heavy (non-hydrogen) atoms. The first-order valence-electron chi connectivity index (χ1n) is 10.4. The third-order valence-electron chi connectivity index (χ3n) is 5.71. The Hall–Kier alpha value is -3.07. The predicted octanol–water partition coefficient (Wildman–Crippen LogP) is 2.58. The Morgan fingerprint density at radius 2 is 2.06 bits per heavy atom. The molecule has 1 aliphatic rings. The van der Waals surface area contributed by atoms with Crippen molar-refractivity contribution in [1.82, 2.24) is 15.3 Å². The van der Waals surface area contributed by atoms with Crippen LogP contribution in [0.2, 0.25) is 0 Å². The average Bonchev–Trinajstić information content (AvgIpc) is 2.75. The van der Waals surface area contributed by atoms with Crippen LogP contribution in [0.1, 0.15) is 54.8 Å². The first-order valence-corrected chi connectivity index (χ1v) is 10.4. The number of hydrogen-bond donors (Lipinski definition) is 3. The number of carbonyl (C=O) groups excluding carboxylic acids is 2. The van der Waals surface area contributed by atoms with Crippen molar-refractivity contribution in [3.05, 3.63) is 47.0 Å². The van der Waals surface area contributed by atoms with Crippen LogP contribution >= 0.6 is 0 Å². The predicted molar refractivity (Wildman–Crippen MR) is 115 cm³/mol. The number of amides is 2. The van der Waals surface area contributed by atoms with Crippen molar-refractivity contribution in [1.29, 1.82) is 0 Å². The molecule has 3 N–H and O–H groups in total. The first-order chi connectivity index (χ1) is 14.8. The number of rotatable bonds is 6. The normalized spacial score (nSPS) is 20.2. The molecule has 1 aromatic carbocycles. The monoisotopic (exact) mass is 429 g/mol. The van der Waals surface area contributed by atoms with Gasteiger partial charge in [0.1, 0.15) is 0 Å². The van der Waals surface area contributed by atoms with Crippen LogP contribution in [0, 0.1) is 18.7 Å². The van der Waals surface area contributed by atoms with E-state index in [1.807, 2.05) is 13.8 Å². The van der Waals surface area contributed by atoms with E-state index in [9.17, 15) is 14.0 Å². The highest BCUT2D eigenvalue weighted by Gasteiger charge is 2.40. The third kappa shape index (κ3) is 4.51. The average molecular weight is 429 g/mol. The summed E-state index contributed by atoms with van der Waals surface area (Å²) in [5.74, 6) is -0.636. The Labute approximate surface area is 180 Å². The van der Waals surface area contributed by atoms with E-state index >= 15 is 0 Å². The summed E-state index contributed by atoms with van der Waals surface area (Å²) in [5, 5.41) is 14.9. The molecule has 0 saturated heterocycles. The molecule has 8 nitrogen and oxygen atoms in total. The van der Waals surface area contributed by atoms with Gasteiger partial charge in [-0.3, -0.25) is 9.59 Å². The molecule has 0 aliphatic carbocycles. The summed E-state index contributed by atoms with van der Waals surface area (Å²) < 4.78 is 13.6. The smallest absolute Gasteiger partial charge is 0.251 e. The molecule has 0 radical (unpaired) electrons. The Balaban J connectivity index is 2.08. The molecule has 2 aromatic rings. The quantitative estimate of drug-likeness (QED) is 0.652. The van der Waals surface area contributed by atoms with Crippen LogP contribution in [-0.4, -0.2) is 46.1 Å². The number of aliphatic hydroxyl groups is 1. The van der Waals surface area contributed by atoms with E-state index in [2.05, 4.69) is 20.6 Å². The van der Waals surface area contributed by atoms with Gasteiger partial charge in [0.15, 0.2) is 5.82 Å². The van der Waals surface area contributed by atoms with Crippen LogP contribution < -0.4 is 15.5 Å². The number of fused-ring (bicyclic) bond motifs is 1. The molecule has 0 fully saturated rings. The zero-order valence-corrected chi connectivity index (χ0v) is 18.1. The topological polar surface area (TPSA) is 107 Å². The maximum atomic E-state index is 13.6. The lowest BCUT2D eigenvalue weighted by Crippen LogP contribution is -2.49. The van der Waals surface area contributed by atoms with Crippen LogP contribution in [0.25, 0.3) is 0 Å². The molecule has 3 rings (SSSR count). The van der Waals surface area contributed by atoms with Gasteiger partial charge in [0.2, 0.25) is 11.9 Å². The van der Waals surface area contributed by atoms with Gasteiger partial charge in [-0.05, 0) is 37.1 Å². The fourth-order valence-electron chi connectivity index (χ4n) is 4.18. The molecule has 9 heteroatoms. The second kappa shape index (κ2) is 9.38. The molecule has 3 atom stereocenters. The van der Waals surface area contributed by atoms with E-state index in [-0.39, 0.29) is 54.6 Å². The van der Waals surface area contributed by atoms with Gasteiger partial charge in [-0.1, -0.05) is 13.8 Å². The fraction of sp³-hybridized carbons (Fsp3) is 0.455. The maximum Gasteiger partial charge on any atom is 0.251 e. The van der Waals surface area contributed by atoms with Crippen molar-refractivity contribution in [2.45, 2.75) is 46.2 Å². The number of anilines is 2. The Morgan fingerprint density at radius 1 is 1.32 bits per heavy atom. The van der Waals surface area contributed by atoms with Crippen molar-refractivity contribution in [3.63, 3.8) is 0 Å². The minimum atomic E-state index is -0.486. The molecule has 2 amide bonds. The Bertz CT molecular complexity index is 984. The molecule has 1 aliphatic heterocycles. The number of aliphatic hydroxyl groups excluding tert-OH is 1. The SMILES string of the molecule is CCC1C(C)C(Nc2ncc(F)c(C)n2)c2cc(C(=O)NCCO)ccc2N1C(C)=O. The van der Waals surface area contributed by atoms with Crippen LogP contribution in [0.3, 0.4) is 0 Å². The van der Waals surface area contributed by atoms with Crippen LogP contribution in [0.5, 0.6) is 0 Å². The highest BCUT2D eigenvalue weighted by Crippen LogP contribution is 2.43. The minimum absolute atomic E-state index is 0.0360. The number of nitrogens with one attached hydrogen (secondary N) is 2.